The Morgan fingerprint density at radius 3 is 2.22 bits per heavy atom. The Morgan fingerprint density at radius 1 is 0.935 bits per heavy atom. The summed E-state index contributed by atoms with van der Waals surface area (Å²) < 4.78 is 38.5. The summed E-state index contributed by atoms with van der Waals surface area (Å²) in [4.78, 5) is 53.9. The molecule has 14 heteroatoms. The van der Waals surface area contributed by atoms with Crippen molar-refractivity contribution in [1.82, 2.24) is 4.31 Å². The van der Waals surface area contributed by atoms with E-state index in [2.05, 4.69) is 0 Å². The zero-order valence-corrected chi connectivity index (χ0v) is 28.0. The van der Waals surface area contributed by atoms with Crippen LogP contribution in [0.5, 0.6) is 0 Å². The van der Waals surface area contributed by atoms with Gasteiger partial charge in [-0.15, -0.1) is 0 Å². The second-order valence-electron chi connectivity index (χ2n) is 11.7. The maximum Gasteiger partial charge on any atom is 0.361 e. The summed E-state index contributed by atoms with van der Waals surface area (Å²) in [5, 5.41) is 1.88. The highest BCUT2D eigenvalue weighted by Crippen LogP contribution is 2.31. The van der Waals surface area contributed by atoms with Crippen molar-refractivity contribution in [3.8, 4) is 0 Å². The van der Waals surface area contributed by atoms with Crippen molar-refractivity contribution < 1.29 is 41.6 Å². The fourth-order valence-corrected chi connectivity index (χ4v) is 7.14. The van der Waals surface area contributed by atoms with Crippen molar-refractivity contribution >= 4 is 67.5 Å². The normalized spacial score (nSPS) is 15.6. The van der Waals surface area contributed by atoms with Crippen LogP contribution in [0.25, 0.3) is 10.8 Å². The van der Waals surface area contributed by atoms with E-state index in [0.717, 1.165) is 16.8 Å². The van der Waals surface area contributed by atoms with Crippen LogP contribution >= 0.6 is 11.6 Å². The highest BCUT2D eigenvalue weighted by molar-refractivity contribution is 7.89. The number of methoxy groups -OCH3 is 2. The molecule has 1 atom stereocenters. The minimum absolute atomic E-state index is 0.0334. The van der Waals surface area contributed by atoms with Gasteiger partial charge in [0, 0.05) is 30.0 Å². The molecule has 1 aliphatic rings. The number of esters is 2. The fourth-order valence-electron chi connectivity index (χ4n) is 5.37. The third-order valence-electron chi connectivity index (χ3n) is 7.92. The number of hydrogen-bond donors (Lipinski definition) is 0. The van der Waals surface area contributed by atoms with Gasteiger partial charge in [-0.05, 0) is 72.1 Å². The van der Waals surface area contributed by atoms with Gasteiger partial charge in [-0.25, -0.2) is 13.2 Å². The van der Waals surface area contributed by atoms with Crippen molar-refractivity contribution in [2.75, 3.05) is 71.3 Å². The lowest BCUT2D eigenvalue weighted by molar-refractivity contribution is -0.874. The molecular formula is C32H38ClN4O8S+. The number of quaternary nitrogens is 1. The van der Waals surface area contributed by atoms with Gasteiger partial charge in [0.2, 0.25) is 15.9 Å². The van der Waals surface area contributed by atoms with Crippen LogP contribution in [0, 0.1) is 0 Å². The Hall–Kier alpha value is -4.04. The predicted molar refractivity (Wildman–Crippen MR) is 174 cm³/mol. The monoisotopic (exact) mass is 673 g/mol. The van der Waals surface area contributed by atoms with Crippen LogP contribution in [-0.4, -0.2) is 109 Å². The van der Waals surface area contributed by atoms with Gasteiger partial charge in [0.25, 0.3) is 5.91 Å². The highest BCUT2D eigenvalue weighted by atomic mass is 35.5. The quantitative estimate of drug-likeness (QED) is 0.224. The zero-order chi connectivity index (χ0) is 33.8. The molecule has 4 rings (SSSR count). The first-order chi connectivity index (χ1) is 21.7. The van der Waals surface area contributed by atoms with E-state index in [1.165, 1.54) is 29.0 Å². The average Bonchev–Trinajstić information content (AvgIpc) is 3.02. The molecule has 3 aromatic carbocycles. The molecule has 0 radical (unpaired) electrons. The maximum absolute atomic E-state index is 14.0. The number of benzene rings is 3. The number of likely N-dealkylation sites (N-methyl/N-ethyl adjacent to an activating group) is 2. The van der Waals surface area contributed by atoms with Crippen LogP contribution in [0.1, 0.15) is 12.8 Å². The predicted octanol–water partition coefficient (Wildman–Crippen LogP) is 3.06. The number of nitrogens with zero attached hydrogens (tertiary/aromatic N) is 4. The summed E-state index contributed by atoms with van der Waals surface area (Å²) in [6.45, 7) is -0.218. The van der Waals surface area contributed by atoms with E-state index in [9.17, 15) is 27.6 Å². The largest absolute Gasteiger partial charge is 0.468 e. The highest BCUT2D eigenvalue weighted by Gasteiger charge is 2.41. The van der Waals surface area contributed by atoms with Gasteiger partial charge in [-0.2, -0.15) is 4.31 Å². The lowest BCUT2D eigenvalue weighted by Crippen LogP contribution is -2.55. The second-order valence-corrected chi connectivity index (χ2v) is 14.1. The number of rotatable bonds is 11. The number of carbonyl (C=O) groups is 4. The summed E-state index contributed by atoms with van der Waals surface area (Å²) in [5.74, 6) is -1.93. The Kier molecular flexibility index (Phi) is 10.7. The molecule has 1 saturated heterocycles. The Bertz CT molecular complexity index is 1750. The van der Waals surface area contributed by atoms with Gasteiger partial charge in [0.05, 0.1) is 33.2 Å². The molecule has 2 amide bonds. The third-order valence-corrected chi connectivity index (χ3v) is 10.0. The van der Waals surface area contributed by atoms with Gasteiger partial charge in [0.1, 0.15) is 12.6 Å². The minimum Gasteiger partial charge on any atom is -0.468 e. The smallest absolute Gasteiger partial charge is 0.361 e. The molecule has 1 fully saturated rings. The molecular weight excluding hydrogens is 636 g/mol. The van der Waals surface area contributed by atoms with Crippen LogP contribution in [0.15, 0.2) is 65.6 Å². The van der Waals surface area contributed by atoms with E-state index in [4.69, 9.17) is 21.1 Å². The number of hydrogen-bond acceptors (Lipinski definition) is 8. The average molecular weight is 674 g/mol. The molecule has 1 heterocycles. The summed E-state index contributed by atoms with van der Waals surface area (Å²) in [6.07, 6.45) is 0.691. The van der Waals surface area contributed by atoms with Crippen LogP contribution in [0.4, 0.5) is 11.4 Å². The number of anilines is 2. The van der Waals surface area contributed by atoms with E-state index in [1.54, 1.807) is 69.7 Å². The number of ether oxygens (including phenoxy) is 2. The molecule has 3 aromatic rings. The molecule has 46 heavy (non-hydrogen) atoms. The van der Waals surface area contributed by atoms with E-state index in [1.807, 2.05) is 0 Å². The standard InChI is InChI=1S/C32H38ClN4O8S/c1-34(29(38)20-37(2,3)21-31(40)45-5)25-11-13-26(14-12-25)35-16-6-7-28(32(35)41)36(19-30(39)44-4)46(42,43)27-15-9-22-17-24(33)10-8-23(22)18-27/h8-15,17-18,28H,6-7,16,19-21H2,1-5H3/q+1. The van der Waals surface area contributed by atoms with E-state index in [-0.39, 0.29) is 34.8 Å². The van der Waals surface area contributed by atoms with Crippen LogP contribution in [0.2, 0.25) is 5.02 Å². The van der Waals surface area contributed by atoms with Gasteiger partial charge >= 0.3 is 11.9 Å². The van der Waals surface area contributed by atoms with Crippen molar-refractivity contribution in [3.05, 3.63) is 65.7 Å². The van der Waals surface area contributed by atoms with Crippen LogP contribution in [-0.2, 0) is 38.7 Å². The number of sulfonamides is 1. The topological polar surface area (TPSA) is 131 Å². The molecule has 0 N–H and O–H groups in total. The third kappa shape index (κ3) is 7.84. The Balaban J connectivity index is 1.57. The minimum atomic E-state index is -4.32. The molecule has 0 bridgehead atoms. The first kappa shape index (κ1) is 34.8. The number of halogens is 1. The Morgan fingerprint density at radius 2 is 1.57 bits per heavy atom. The van der Waals surface area contributed by atoms with E-state index in [0.29, 0.717) is 34.7 Å². The summed E-state index contributed by atoms with van der Waals surface area (Å²) in [6, 6.07) is 15.2. The second kappa shape index (κ2) is 14.2. The van der Waals surface area contributed by atoms with Crippen molar-refractivity contribution in [2.45, 2.75) is 23.8 Å². The van der Waals surface area contributed by atoms with Crippen molar-refractivity contribution in [1.29, 1.82) is 0 Å². The molecule has 12 nitrogen and oxygen atoms in total. The van der Waals surface area contributed by atoms with Crippen molar-refractivity contribution in [2.24, 2.45) is 0 Å². The lowest BCUT2D eigenvalue weighted by Gasteiger charge is -2.37. The number of amides is 2. The molecule has 246 valence electrons. The van der Waals surface area contributed by atoms with Crippen LogP contribution in [0.3, 0.4) is 0 Å². The van der Waals surface area contributed by atoms with E-state index < -0.39 is 40.5 Å². The first-order valence-electron chi connectivity index (χ1n) is 14.5. The van der Waals surface area contributed by atoms with Crippen LogP contribution < -0.4 is 9.80 Å². The zero-order valence-electron chi connectivity index (χ0n) is 26.4. The van der Waals surface area contributed by atoms with E-state index >= 15 is 0 Å². The van der Waals surface area contributed by atoms with Gasteiger partial charge in [0.15, 0.2) is 13.1 Å². The molecule has 0 aliphatic carbocycles. The van der Waals surface area contributed by atoms with Gasteiger partial charge < -0.3 is 23.8 Å². The summed E-state index contributed by atoms with van der Waals surface area (Å²) >= 11 is 6.08. The maximum atomic E-state index is 14.0. The molecule has 1 unspecified atom stereocenters. The SMILES string of the molecule is COC(=O)CN(C1CCCN(c2ccc(N(C)C(=O)C[N+](C)(C)CC(=O)OC)cc2)C1=O)S(=O)(=O)c1ccc2cc(Cl)ccc2c1. The number of carbonyl (C=O) groups excluding carboxylic acids is 4. The summed E-state index contributed by atoms with van der Waals surface area (Å²) in [7, 11) is 3.26. The molecule has 0 spiro atoms. The molecule has 1 aliphatic heterocycles. The van der Waals surface area contributed by atoms with Crippen molar-refractivity contribution in [3.63, 3.8) is 0 Å². The molecule has 0 saturated carbocycles. The first-order valence-corrected chi connectivity index (χ1v) is 16.3. The van der Waals surface area contributed by atoms with Gasteiger partial charge in [-0.3, -0.25) is 14.4 Å². The fraction of sp³-hybridized carbons (Fsp3) is 0.375. The number of piperidine rings is 1. The Labute approximate surface area is 273 Å². The van der Waals surface area contributed by atoms with Gasteiger partial charge in [-0.1, -0.05) is 23.7 Å². The summed E-state index contributed by atoms with van der Waals surface area (Å²) in [5.41, 5.74) is 1.08. The lowest BCUT2D eigenvalue weighted by atomic mass is 10.0. The molecule has 0 aromatic heterocycles. The number of fused-ring (bicyclic) bond motifs is 1.